The number of carbonyl (C=O) groups is 1. The van der Waals surface area contributed by atoms with Crippen LogP contribution in [0.25, 0.3) is 0 Å². The summed E-state index contributed by atoms with van der Waals surface area (Å²) in [5.74, 6) is -0.375. The molecule has 7 heteroatoms. The van der Waals surface area contributed by atoms with Crippen molar-refractivity contribution in [3.63, 3.8) is 0 Å². The number of methoxy groups -OCH3 is 1. The molecule has 1 heterocycles. The Hall–Kier alpha value is -2.31. The maximum atomic E-state index is 11.3. The molecule has 2 rings (SSSR count). The van der Waals surface area contributed by atoms with Crippen LogP contribution in [0.3, 0.4) is 0 Å². The average molecular weight is 280 g/mol. The molecule has 1 aromatic carbocycles. The molecule has 0 bridgehead atoms. The first-order chi connectivity index (χ1) is 9.37. The molecule has 1 aliphatic heterocycles. The molecule has 0 aliphatic carbocycles. The van der Waals surface area contributed by atoms with Gasteiger partial charge in [-0.25, -0.2) is 0 Å². The molecular weight excluding hydrogens is 264 g/mol. The summed E-state index contributed by atoms with van der Waals surface area (Å²) in [6.45, 7) is 2.37. The first-order valence-corrected chi connectivity index (χ1v) is 6.18. The van der Waals surface area contributed by atoms with Crippen LogP contribution in [0.1, 0.15) is 13.3 Å². The second-order valence-electron chi connectivity index (χ2n) is 5.15. The number of carboxylic acid groups (broad SMARTS) is 1. The highest BCUT2D eigenvalue weighted by Crippen LogP contribution is 2.39. The molecule has 0 radical (unpaired) electrons. The zero-order valence-electron chi connectivity index (χ0n) is 11.3. The van der Waals surface area contributed by atoms with Gasteiger partial charge in [0.25, 0.3) is 5.69 Å². The number of nitro benzene ring substituents is 1. The second-order valence-corrected chi connectivity index (χ2v) is 5.15. The van der Waals surface area contributed by atoms with Crippen molar-refractivity contribution >= 4 is 17.3 Å². The van der Waals surface area contributed by atoms with Gasteiger partial charge in [-0.2, -0.15) is 0 Å². The molecule has 7 nitrogen and oxygen atoms in total. The summed E-state index contributed by atoms with van der Waals surface area (Å²) in [5.41, 5.74) is -0.517. The average Bonchev–Trinajstić information content (AvgIpc) is 2.82. The summed E-state index contributed by atoms with van der Waals surface area (Å²) in [6, 6.07) is 4.48. The quantitative estimate of drug-likeness (QED) is 0.669. The van der Waals surface area contributed by atoms with Crippen molar-refractivity contribution in [1.29, 1.82) is 0 Å². The van der Waals surface area contributed by atoms with Gasteiger partial charge in [0.2, 0.25) is 0 Å². The van der Waals surface area contributed by atoms with E-state index in [0.717, 1.165) is 0 Å². The van der Waals surface area contributed by atoms with Gasteiger partial charge in [-0.3, -0.25) is 14.9 Å². The highest BCUT2D eigenvalue weighted by Gasteiger charge is 2.42. The molecule has 1 saturated heterocycles. The molecular formula is C13H16N2O5. The van der Waals surface area contributed by atoms with E-state index in [4.69, 9.17) is 4.74 Å². The Morgan fingerprint density at radius 2 is 2.25 bits per heavy atom. The van der Waals surface area contributed by atoms with Gasteiger partial charge in [0, 0.05) is 25.2 Å². The summed E-state index contributed by atoms with van der Waals surface area (Å²) < 4.78 is 5.08. The molecule has 1 aromatic rings. The van der Waals surface area contributed by atoms with E-state index in [9.17, 15) is 20.0 Å². The lowest BCUT2D eigenvalue weighted by Crippen LogP contribution is -2.31. The summed E-state index contributed by atoms with van der Waals surface area (Å²) in [6.07, 6.45) is 0.455. The molecule has 0 amide bonds. The molecule has 0 spiro atoms. The van der Waals surface area contributed by atoms with E-state index >= 15 is 0 Å². The molecule has 1 atom stereocenters. The second kappa shape index (κ2) is 4.99. The molecule has 1 N–H and O–H groups in total. The smallest absolute Gasteiger partial charge is 0.311 e. The highest BCUT2D eigenvalue weighted by molar-refractivity contribution is 5.77. The fourth-order valence-corrected chi connectivity index (χ4v) is 2.38. The molecule has 0 aromatic heterocycles. The minimum atomic E-state index is -0.884. The first-order valence-electron chi connectivity index (χ1n) is 6.18. The third-order valence-corrected chi connectivity index (χ3v) is 3.71. The number of nitro groups is 1. The number of aliphatic carboxylic acids is 1. The standard InChI is InChI=1S/C13H16N2O5/c1-13(12(16)17)5-6-14(8-13)11-7-9(20-2)3-4-10(11)15(18)19/h3-4,7H,5-6,8H2,1-2H3,(H,16,17). The lowest BCUT2D eigenvalue weighted by atomic mass is 9.90. The van der Waals surface area contributed by atoms with Gasteiger partial charge in [-0.05, 0) is 19.4 Å². The van der Waals surface area contributed by atoms with Crippen molar-refractivity contribution in [3.8, 4) is 5.75 Å². The topological polar surface area (TPSA) is 92.9 Å². The van der Waals surface area contributed by atoms with Crippen molar-refractivity contribution in [2.24, 2.45) is 5.41 Å². The van der Waals surface area contributed by atoms with E-state index in [1.165, 1.54) is 19.2 Å². The van der Waals surface area contributed by atoms with E-state index in [-0.39, 0.29) is 12.2 Å². The van der Waals surface area contributed by atoms with Gasteiger partial charge in [-0.15, -0.1) is 0 Å². The fourth-order valence-electron chi connectivity index (χ4n) is 2.38. The minimum absolute atomic E-state index is 0.0413. The molecule has 1 unspecified atom stereocenters. The lowest BCUT2D eigenvalue weighted by Gasteiger charge is -2.22. The number of ether oxygens (including phenoxy) is 1. The van der Waals surface area contributed by atoms with Gasteiger partial charge in [0.15, 0.2) is 0 Å². The lowest BCUT2D eigenvalue weighted by molar-refractivity contribution is -0.384. The Kier molecular flexibility index (Phi) is 3.52. The van der Waals surface area contributed by atoms with E-state index in [1.807, 2.05) is 0 Å². The number of carboxylic acids is 1. The zero-order chi connectivity index (χ0) is 14.9. The van der Waals surface area contributed by atoms with Crippen molar-refractivity contribution in [3.05, 3.63) is 28.3 Å². The van der Waals surface area contributed by atoms with Crippen LogP contribution in [0.4, 0.5) is 11.4 Å². The van der Waals surface area contributed by atoms with Crippen LogP contribution in [0.15, 0.2) is 18.2 Å². The molecule has 0 saturated carbocycles. The zero-order valence-corrected chi connectivity index (χ0v) is 11.3. The molecule has 20 heavy (non-hydrogen) atoms. The SMILES string of the molecule is COc1ccc([N+](=O)[O-])c(N2CCC(C)(C(=O)O)C2)c1. The van der Waals surface area contributed by atoms with E-state index in [1.54, 1.807) is 17.9 Å². The van der Waals surface area contributed by atoms with Gasteiger partial charge in [-0.1, -0.05) is 0 Å². The van der Waals surface area contributed by atoms with Gasteiger partial charge >= 0.3 is 5.97 Å². The fraction of sp³-hybridized carbons (Fsp3) is 0.462. The Balaban J connectivity index is 2.37. The number of anilines is 1. The van der Waals surface area contributed by atoms with Crippen molar-refractivity contribution in [2.75, 3.05) is 25.1 Å². The Labute approximate surface area is 115 Å². The number of hydrogen-bond acceptors (Lipinski definition) is 5. The summed E-state index contributed by atoms with van der Waals surface area (Å²) >= 11 is 0. The predicted molar refractivity (Wildman–Crippen MR) is 72.2 cm³/mol. The Bertz CT molecular complexity index is 560. The van der Waals surface area contributed by atoms with Gasteiger partial charge < -0.3 is 14.7 Å². The number of nitrogens with zero attached hydrogens (tertiary/aromatic N) is 2. The van der Waals surface area contributed by atoms with Crippen molar-refractivity contribution < 1.29 is 19.6 Å². The van der Waals surface area contributed by atoms with Crippen LogP contribution >= 0.6 is 0 Å². The highest BCUT2D eigenvalue weighted by atomic mass is 16.6. The summed E-state index contributed by atoms with van der Waals surface area (Å²) in [5, 5.41) is 20.3. The van der Waals surface area contributed by atoms with Gasteiger partial charge in [0.1, 0.15) is 11.4 Å². The number of rotatable bonds is 4. The maximum absolute atomic E-state index is 11.3. The van der Waals surface area contributed by atoms with E-state index in [0.29, 0.717) is 24.4 Å². The third kappa shape index (κ3) is 2.38. The maximum Gasteiger partial charge on any atom is 0.311 e. The first kappa shape index (κ1) is 14.1. The van der Waals surface area contributed by atoms with Crippen LogP contribution in [0, 0.1) is 15.5 Å². The Morgan fingerprint density at radius 1 is 1.55 bits per heavy atom. The molecule has 1 aliphatic rings. The number of benzene rings is 1. The van der Waals surface area contributed by atoms with Crippen LogP contribution in [-0.4, -0.2) is 36.2 Å². The monoisotopic (exact) mass is 280 g/mol. The predicted octanol–water partition coefficient (Wildman–Crippen LogP) is 1.90. The molecule has 108 valence electrons. The van der Waals surface area contributed by atoms with Crippen molar-refractivity contribution in [1.82, 2.24) is 0 Å². The minimum Gasteiger partial charge on any atom is -0.497 e. The third-order valence-electron chi connectivity index (χ3n) is 3.71. The molecule has 1 fully saturated rings. The van der Waals surface area contributed by atoms with Crippen LogP contribution in [0.5, 0.6) is 5.75 Å². The van der Waals surface area contributed by atoms with E-state index < -0.39 is 16.3 Å². The van der Waals surface area contributed by atoms with Crippen LogP contribution < -0.4 is 9.64 Å². The number of hydrogen-bond donors (Lipinski definition) is 1. The summed E-state index contributed by atoms with van der Waals surface area (Å²) in [7, 11) is 1.48. The van der Waals surface area contributed by atoms with Crippen LogP contribution in [0.2, 0.25) is 0 Å². The van der Waals surface area contributed by atoms with Crippen LogP contribution in [-0.2, 0) is 4.79 Å². The van der Waals surface area contributed by atoms with Gasteiger partial charge in [0.05, 0.1) is 17.4 Å². The summed E-state index contributed by atoms with van der Waals surface area (Å²) in [4.78, 5) is 23.6. The van der Waals surface area contributed by atoms with Crippen molar-refractivity contribution in [2.45, 2.75) is 13.3 Å². The normalized spacial score (nSPS) is 21.8. The largest absolute Gasteiger partial charge is 0.497 e. The van der Waals surface area contributed by atoms with E-state index in [2.05, 4.69) is 0 Å². The Morgan fingerprint density at radius 3 is 2.75 bits per heavy atom.